The van der Waals surface area contributed by atoms with Crippen LogP contribution in [0, 0.1) is 27.7 Å². The molecule has 0 heterocycles. The first-order valence-electron chi connectivity index (χ1n) is 9.46. The van der Waals surface area contributed by atoms with E-state index in [1.54, 1.807) is 0 Å². The summed E-state index contributed by atoms with van der Waals surface area (Å²) in [5.41, 5.74) is 4.90. The van der Waals surface area contributed by atoms with Crippen LogP contribution >= 0.6 is 0 Å². The third-order valence-corrected chi connectivity index (χ3v) is 3.46. The lowest BCUT2D eigenvalue weighted by Crippen LogP contribution is -2.06. The van der Waals surface area contributed by atoms with E-state index in [0.717, 1.165) is 17.9 Å². The van der Waals surface area contributed by atoms with E-state index in [-0.39, 0.29) is 0 Å². The van der Waals surface area contributed by atoms with Gasteiger partial charge in [-0.05, 0) is 51.0 Å². The highest BCUT2D eigenvalue weighted by Crippen LogP contribution is 2.20. The maximum atomic E-state index is 5.80. The fraction of sp³-hybridized carbons (Fsp3) is 0.478. The fourth-order valence-electron chi connectivity index (χ4n) is 2.35. The summed E-state index contributed by atoms with van der Waals surface area (Å²) < 4.78 is 11.6. The molecule has 0 radical (unpaired) electrons. The number of hydrogen-bond donors (Lipinski definition) is 0. The minimum Gasteiger partial charge on any atom is -0.493 e. The Bertz CT molecular complexity index is 550. The van der Waals surface area contributed by atoms with Crippen LogP contribution in [-0.2, 0) is 0 Å². The number of aryl methyl sites for hydroxylation is 4. The van der Waals surface area contributed by atoms with Crippen LogP contribution in [0.25, 0.3) is 0 Å². The highest BCUT2D eigenvalue weighted by molar-refractivity contribution is 5.36. The Balaban J connectivity index is 0.00000134. The third-order valence-electron chi connectivity index (χ3n) is 3.46. The summed E-state index contributed by atoms with van der Waals surface area (Å²) in [7, 11) is 0. The Kier molecular flexibility index (Phi) is 12.3. The van der Waals surface area contributed by atoms with E-state index < -0.39 is 0 Å². The summed E-state index contributed by atoms with van der Waals surface area (Å²) in [5.74, 6) is 1.93. The van der Waals surface area contributed by atoms with Gasteiger partial charge in [-0.2, -0.15) is 0 Å². The van der Waals surface area contributed by atoms with Crippen LogP contribution in [0.15, 0.2) is 36.4 Å². The predicted molar refractivity (Wildman–Crippen MR) is 110 cm³/mol. The lowest BCUT2D eigenvalue weighted by Gasteiger charge is -2.12. The lowest BCUT2D eigenvalue weighted by molar-refractivity contribution is 0.246. The van der Waals surface area contributed by atoms with Crippen molar-refractivity contribution in [1.82, 2.24) is 0 Å². The summed E-state index contributed by atoms with van der Waals surface area (Å²) in [6.07, 6.45) is 0.876. The summed E-state index contributed by atoms with van der Waals surface area (Å²) in [6.45, 7) is 17.7. The Morgan fingerprint density at radius 1 is 0.600 bits per heavy atom. The molecular formula is C23H36O2. The molecule has 25 heavy (non-hydrogen) atoms. The van der Waals surface area contributed by atoms with Gasteiger partial charge in [-0.3, -0.25) is 0 Å². The highest BCUT2D eigenvalue weighted by Gasteiger charge is 2.01. The molecule has 0 spiro atoms. The van der Waals surface area contributed by atoms with Gasteiger partial charge in [0.1, 0.15) is 11.5 Å². The fourth-order valence-corrected chi connectivity index (χ4v) is 2.35. The van der Waals surface area contributed by atoms with Crippen LogP contribution in [0.5, 0.6) is 11.5 Å². The normalized spacial score (nSPS) is 9.28. The number of hydrogen-bond acceptors (Lipinski definition) is 2. The van der Waals surface area contributed by atoms with Crippen molar-refractivity contribution in [2.75, 3.05) is 13.2 Å². The third kappa shape index (κ3) is 8.62. The van der Waals surface area contributed by atoms with Crippen molar-refractivity contribution in [2.45, 2.75) is 61.8 Å². The zero-order valence-electron chi connectivity index (χ0n) is 17.4. The van der Waals surface area contributed by atoms with Gasteiger partial charge in [-0.1, -0.05) is 63.1 Å². The predicted octanol–water partition coefficient (Wildman–Crippen LogP) is 6.82. The summed E-state index contributed by atoms with van der Waals surface area (Å²) >= 11 is 0. The molecule has 0 atom stereocenters. The summed E-state index contributed by atoms with van der Waals surface area (Å²) in [6, 6.07) is 12.5. The second-order valence-electron chi connectivity index (χ2n) is 5.59. The number of ether oxygens (including phenoxy) is 2. The SMILES string of the molecule is CC.CC.Cc1ccc(OCCCOc2ccc(C)cc2C)c(C)c1. The average Bonchev–Trinajstić information content (AvgIpc) is 2.61. The molecule has 2 aromatic carbocycles. The van der Waals surface area contributed by atoms with E-state index in [1.165, 1.54) is 22.3 Å². The molecular weight excluding hydrogens is 308 g/mol. The van der Waals surface area contributed by atoms with Gasteiger partial charge in [-0.15, -0.1) is 0 Å². The molecule has 0 aliphatic carbocycles. The van der Waals surface area contributed by atoms with Crippen LogP contribution in [0.2, 0.25) is 0 Å². The van der Waals surface area contributed by atoms with Crippen LogP contribution < -0.4 is 9.47 Å². The number of benzene rings is 2. The molecule has 0 aliphatic heterocycles. The van der Waals surface area contributed by atoms with Gasteiger partial charge < -0.3 is 9.47 Å². The largest absolute Gasteiger partial charge is 0.493 e. The van der Waals surface area contributed by atoms with E-state index in [4.69, 9.17) is 9.47 Å². The van der Waals surface area contributed by atoms with Crippen molar-refractivity contribution in [1.29, 1.82) is 0 Å². The van der Waals surface area contributed by atoms with Crippen molar-refractivity contribution in [3.63, 3.8) is 0 Å². The molecule has 2 aromatic rings. The van der Waals surface area contributed by atoms with Crippen molar-refractivity contribution < 1.29 is 9.47 Å². The molecule has 0 fully saturated rings. The molecule has 0 aromatic heterocycles. The van der Waals surface area contributed by atoms with E-state index in [9.17, 15) is 0 Å². The minimum atomic E-state index is 0.675. The van der Waals surface area contributed by atoms with Gasteiger partial charge in [0.05, 0.1) is 13.2 Å². The Hall–Kier alpha value is -1.96. The van der Waals surface area contributed by atoms with E-state index in [2.05, 4.69) is 52.0 Å². The second kappa shape index (κ2) is 13.3. The maximum Gasteiger partial charge on any atom is 0.122 e. The van der Waals surface area contributed by atoms with Gasteiger partial charge in [0.15, 0.2) is 0 Å². The van der Waals surface area contributed by atoms with Crippen molar-refractivity contribution in [3.05, 3.63) is 58.7 Å². The Morgan fingerprint density at radius 3 is 1.28 bits per heavy atom. The molecule has 2 heteroatoms. The molecule has 0 saturated carbocycles. The average molecular weight is 345 g/mol. The topological polar surface area (TPSA) is 18.5 Å². The van der Waals surface area contributed by atoms with Gasteiger partial charge in [0.2, 0.25) is 0 Å². The van der Waals surface area contributed by atoms with E-state index in [0.29, 0.717) is 13.2 Å². The van der Waals surface area contributed by atoms with Crippen LogP contribution in [-0.4, -0.2) is 13.2 Å². The molecule has 0 amide bonds. The molecule has 2 rings (SSSR count). The molecule has 0 bridgehead atoms. The molecule has 0 unspecified atom stereocenters. The summed E-state index contributed by atoms with van der Waals surface area (Å²) in [4.78, 5) is 0. The molecule has 140 valence electrons. The summed E-state index contributed by atoms with van der Waals surface area (Å²) in [5, 5.41) is 0. The highest BCUT2D eigenvalue weighted by atomic mass is 16.5. The molecule has 0 N–H and O–H groups in total. The van der Waals surface area contributed by atoms with Crippen LogP contribution in [0.3, 0.4) is 0 Å². The zero-order valence-corrected chi connectivity index (χ0v) is 17.4. The van der Waals surface area contributed by atoms with Crippen molar-refractivity contribution >= 4 is 0 Å². The van der Waals surface area contributed by atoms with Crippen molar-refractivity contribution in [2.24, 2.45) is 0 Å². The van der Waals surface area contributed by atoms with Crippen LogP contribution in [0.1, 0.15) is 56.4 Å². The second-order valence-corrected chi connectivity index (χ2v) is 5.59. The quantitative estimate of drug-likeness (QED) is 0.535. The first kappa shape index (κ1) is 23.0. The van der Waals surface area contributed by atoms with E-state index in [1.807, 2.05) is 39.8 Å². The first-order valence-corrected chi connectivity index (χ1v) is 9.46. The van der Waals surface area contributed by atoms with Crippen molar-refractivity contribution in [3.8, 4) is 11.5 Å². The van der Waals surface area contributed by atoms with Gasteiger partial charge in [-0.25, -0.2) is 0 Å². The lowest BCUT2D eigenvalue weighted by atomic mass is 10.1. The number of rotatable bonds is 6. The molecule has 2 nitrogen and oxygen atoms in total. The zero-order chi connectivity index (χ0) is 19.2. The van der Waals surface area contributed by atoms with Gasteiger partial charge in [0, 0.05) is 6.42 Å². The van der Waals surface area contributed by atoms with E-state index >= 15 is 0 Å². The van der Waals surface area contributed by atoms with Crippen LogP contribution in [0.4, 0.5) is 0 Å². The monoisotopic (exact) mass is 344 g/mol. The van der Waals surface area contributed by atoms with Gasteiger partial charge in [0.25, 0.3) is 0 Å². The Labute approximate surface area is 155 Å². The Morgan fingerprint density at radius 2 is 0.960 bits per heavy atom. The van der Waals surface area contributed by atoms with Gasteiger partial charge >= 0.3 is 0 Å². The minimum absolute atomic E-state index is 0.675. The standard InChI is InChI=1S/C19H24O2.2C2H6/c1-14-6-8-18(16(3)12-14)20-10-5-11-21-19-9-7-15(2)13-17(19)4;2*1-2/h6-9,12-13H,5,10-11H2,1-4H3;2*1-2H3. The smallest absolute Gasteiger partial charge is 0.122 e. The first-order chi connectivity index (χ1) is 12.1. The molecule has 0 aliphatic rings. The maximum absolute atomic E-state index is 5.80. The molecule has 0 saturated heterocycles.